The van der Waals surface area contributed by atoms with Gasteiger partial charge in [-0.3, -0.25) is 0 Å². The molecule has 4 nitrogen and oxygen atoms in total. The average Bonchev–Trinajstić information content (AvgIpc) is 2.80. The largest absolute Gasteiger partial charge is 2.00 e. The van der Waals surface area contributed by atoms with Crippen LogP contribution in [0.3, 0.4) is 0 Å². The summed E-state index contributed by atoms with van der Waals surface area (Å²) in [7, 11) is 0. The minimum absolute atomic E-state index is 0. The number of rotatable bonds is 26. The van der Waals surface area contributed by atoms with Crippen molar-refractivity contribution in [2.75, 3.05) is 0 Å². The first-order chi connectivity index (χ1) is 16.5. The zero-order chi connectivity index (χ0) is 25.5. The average molecular weight is 683 g/mol. The Hall–Kier alpha value is -0.125. The molecule has 0 aliphatic carbocycles. The molecule has 0 atom stereocenters. The monoisotopic (exact) mass is 684 g/mol. The summed E-state index contributed by atoms with van der Waals surface area (Å²) in [6.07, 6.45) is 31.0. The molecule has 0 aliphatic rings. The van der Waals surface area contributed by atoms with Crippen LogP contribution in [-0.2, 0) is 37.3 Å². The zero-order valence-electron chi connectivity index (χ0n) is 23.7. The van der Waals surface area contributed by atoms with Crippen LogP contribution in [0.15, 0.2) is 0 Å². The maximum absolute atomic E-state index is 10.2. The molecule has 204 valence electrons. The number of unbranched alkanes of at least 4 members (excludes halogenated alkanes) is 22. The summed E-state index contributed by atoms with van der Waals surface area (Å²) in [4.78, 5) is 20.3. The van der Waals surface area contributed by atoms with Gasteiger partial charge in [-0.25, -0.2) is 0 Å². The summed E-state index contributed by atoms with van der Waals surface area (Å²) in [5.74, 6) is -1.81. The number of hydrogen-bond acceptors (Lipinski definition) is 4. The van der Waals surface area contributed by atoms with E-state index in [1.54, 1.807) is 0 Å². The minimum Gasteiger partial charge on any atom is -0.550 e. The van der Waals surface area contributed by atoms with Gasteiger partial charge in [-0.05, 0) is 25.7 Å². The normalized spacial score (nSPS) is 10.3. The molecule has 5 heteroatoms. The maximum atomic E-state index is 10.2. The first-order valence-electron chi connectivity index (χ1n) is 14.9. The fourth-order valence-electron chi connectivity index (χ4n) is 4.22. The van der Waals surface area contributed by atoms with Crippen molar-refractivity contribution in [2.24, 2.45) is 0 Å². The van der Waals surface area contributed by atoms with Crippen LogP contribution in [0.5, 0.6) is 0 Å². The van der Waals surface area contributed by atoms with Crippen molar-refractivity contribution in [3.63, 3.8) is 0 Å². The van der Waals surface area contributed by atoms with E-state index in [0.29, 0.717) is 0 Å². The van der Waals surface area contributed by atoms with Gasteiger partial charge in [0, 0.05) is 11.9 Å². The Morgan fingerprint density at radius 2 is 0.543 bits per heavy atom. The van der Waals surface area contributed by atoms with Gasteiger partial charge in [-0.1, -0.05) is 155 Å². The predicted octanol–water partition coefficient (Wildman–Crippen LogP) is 7.65. The molecule has 0 unspecified atom stereocenters. The summed E-state index contributed by atoms with van der Waals surface area (Å²) in [6, 6.07) is 0. The van der Waals surface area contributed by atoms with Crippen LogP contribution in [0.1, 0.15) is 181 Å². The Labute approximate surface area is 239 Å². The van der Waals surface area contributed by atoms with Crippen molar-refractivity contribution in [3.8, 4) is 0 Å². The van der Waals surface area contributed by atoms with Gasteiger partial charge in [-0.15, -0.1) is 0 Å². The summed E-state index contributed by atoms with van der Waals surface area (Å²) >= 11 is 0. The second kappa shape index (κ2) is 36.0. The standard InChI is InChI=1S/2C15H30O2.Hg/c2*1-2-3-4-5-6-7-8-9-10-11-12-13-14-15(16)17;/h2*2-14H2,1H3,(H,16,17);/q;;+2/p-2. The summed E-state index contributed by atoms with van der Waals surface area (Å²) in [5.41, 5.74) is 0. The van der Waals surface area contributed by atoms with E-state index in [0.717, 1.165) is 25.7 Å². The van der Waals surface area contributed by atoms with Gasteiger partial charge in [0.05, 0.1) is 0 Å². The van der Waals surface area contributed by atoms with Crippen LogP contribution in [0, 0.1) is 0 Å². The maximum Gasteiger partial charge on any atom is 2.00 e. The second-order valence-electron chi connectivity index (χ2n) is 10.0. The molecular formula is C30H58HgO4. The molecule has 0 aromatic heterocycles. The Morgan fingerprint density at radius 1 is 0.371 bits per heavy atom. The number of hydrogen-bond donors (Lipinski definition) is 0. The molecule has 0 N–H and O–H groups in total. The number of carbonyl (C=O) groups is 2. The molecule has 0 radical (unpaired) electrons. The molecule has 35 heavy (non-hydrogen) atoms. The summed E-state index contributed by atoms with van der Waals surface area (Å²) < 4.78 is 0. The third-order valence-corrected chi connectivity index (χ3v) is 6.47. The van der Waals surface area contributed by atoms with Crippen LogP contribution in [-0.4, -0.2) is 11.9 Å². The molecule has 0 amide bonds. The molecule has 0 saturated carbocycles. The molecule has 0 aromatic carbocycles. The molecule has 0 saturated heterocycles. The predicted molar refractivity (Wildman–Crippen MR) is 141 cm³/mol. The number of aliphatic carboxylic acids is 2. The third kappa shape index (κ3) is 44.3. The molecule has 0 aliphatic heterocycles. The van der Waals surface area contributed by atoms with Crippen molar-refractivity contribution >= 4 is 11.9 Å². The number of carboxylic acids is 2. The van der Waals surface area contributed by atoms with Crippen LogP contribution in [0.2, 0.25) is 0 Å². The topological polar surface area (TPSA) is 80.3 Å². The van der Waals surface area contributed by atoms with E-state index in [1.807, 2.05) is 0 Å². The van der Waals surface area contributed by atoms with Gasteiger partial charge in [0.25, 0.3) is 0 Å². The molecule has 0 heterocycles. The fourth-order valence-corrected chi connectivity index (χ4v) is 4.22. The SMILES string of the molecule is CCCCCCCCCCCCCCC(=O)[O-].CCCCCCCCCCCCCCC(=O)[O-].[Hg+2]. The Balaban J connectivity index is -0.000000569. The third-order valence-electron chi connectivity index (χ3n) is 6.47. The fraction of sp³-hybridized carbons (Fsp3) is 0.933. The van der Waals surface area contributed by atoms with Gasteiger partial charge >= 0.3 is 27.7 Å². The van der Waals surface area contributed by atoms with Crippen LogP contribution in [0.25, 0.3) is 0 Å². The van der Waals surface area contributed by atoms with Crippen LogP contribution < -0.4 is 10.2 Å². The summed E-state index contributed by atoms with van der Waals surface area (Å²) in [6.45, 7) is 4.50. The van der Waals surface area contributed by atoms with E-state index in [9.17, 15) is 19.8 Å². The molecule has 0 bridgehead atoms. The smallest absolute Gasteiger partial charge is 0.550 e. The van der Waals surface area contributed by atoms with Crippen molar-refractivity contribution in [1.82, 2.24) is 0 Å². The Morgan fingerprint density at radius 3 is 0.714 bits per heavy atom. The first kappa shape index (κ1) is 39.4. The van der Waals surface area contributed by atoms with Gasteiger partial charge in [-0.2, -0.15) is 0 Å². The molecule has 0 rings (SSSR count). The molecular weight excluding hydrogens is 625 g/mol. The van der Waals surface area contributed by atoms with E-state index in [2.05, 4.69) is 13.8 Å². The van der Waals surface area contributed by atoms with E-state index < -0.39 is 11.9 Å². The molecule has 0 spiro atoms. The zero-order valence-corrected chi connectivity index (χ0v) is 29.2. The summed E-state index contributed by atoms with van der Waals surface area (Å²) in [5, 5.41) is 20.3. The van der Waals surface area contributed by atoms with Gasteiger partial charge < -0.3 is 19.8 Å². The van der Waals surface area contributed by atoms with Gasteiger partial charge in [0.15, 0.2) is 0 Å². The first-order valence-corrected chi connectivity index (χ1v) is 14.9. The quantitative estimate of drug-likeness (QED) is 0.0694. The Kier molecular flexibility index (Phi) is 40.6. The second-order valence-corrected chi connectivity index (χ2v) is 10.0. The van der Waals surface area contributed by atoms with Gasteiger partial charge in [0.1, 0.15) is 0 Å². The van der Waals surface area contributed by atoms with Crippen molar-refractivity contribution < 1.29 is 47.5 Å². The van der Waals surface area contributed by atoms with Crippen molar-refractivity contribution in [1.29, 1.82) is 0 Å². The van der Waals surface area contributed by atoms with E-state index in [1.165, 1.54) is 128 Å². The minimum atomic E-state index is -0.905. The van der Waals surface area contributed by atoms with Crippen molar-refractivity contribution in [3.05, 3.63) is 0 Å². The number of carbonyl (C=O) groups excluding carboxylic acids is 2. The van der Waals surface area contributed by atoms with E-state index >= 15 is 0 Å². The molecule has 0 fully saturated rings. The van der Waals surface area contributed by atoms with Crippen LogP contribution >= 0.6 is 0 Å². The van der Waals surface area contributed by atoms with Crippen molar-refractivity contribution in [2.45, 2.75) is 181 Å². The number of carboxylic acid groups (broad SMARTS) is 2. The van der Waals surface area contributed by atoms with Gasteiger partial charge in [0.2, 0.25) is 0 Å². The van der Waals surface area contributed by atoms with E-state index in [4.69, 9.17) is 0 Å². The van der Waals surface area contributed by atoms with E-state index in [-0.39, 0.29) is 40.5 Å². The molecule has 0 aromatic rings. The Bertz CT molecular complexity index is 377. The van der Waals surface area contributed by atoms with Crippen LogP contribution in [0.4, 0.5) is 0 Å².